The molecule has 2 aromatic rings. The highest BCUT2D eigenvalue weighted by Crippen LogP contribution is 2.21. The molecule has 0 radical (unpaired) electrons. The average Bonchev–Trinajstić information content (AvgIpc) is 2.65. The number of hydrogen-bond donors (Lipinski definition) is 0. The predicted octanol–water partition coefficient (Wildman–Crippen LogP) is 2.10. The number of hydrogen-bond acceptors (Lipinski definition) is 2. The van der Waals surface area contributed by atoms with Gasteiger partial charge in [-0.05, 0) is 12.1 Å². The van der Waals surface area contributed by atoms with Crippen LogP contribution in [0.25, 0.3) is 11.4 Å². The van der Waals surface area contributed by atoms with Crippen molar-refractivity contribution >= 4 is 0 Å². The van der Waals surface area contributed by atoms with Crippen molar-refractivity contribution in [3.63, 3.8) is 0 Å². The highest BCUT2D eigenvalue weighted by molar-refractivity contribution is 5.57. The molecule has 0 aliphatic heterocycles. The summed E-state index contributed by atoms with van der Waals surface area (Å²) in [5, 5.41) is 0. The van der Waals surface area contributed by atoms with Crippen molar-refractivity contribution < 1.29 is 4.74 Å². The molecular formula is C11H12N2O. The van der Waals surface area contributed by atoms with Crippen molar-refractivity contribution in [3.8, 4) is 17.1 Å². The lowest BCUT2D eigenvalue weighted by atomic mass is 10.2. The molecule has 1 heterocycles. The molecule has 0 atom stereocenters. The van der Waals surface area contributed by atoms with E-state index in [2.05, 4.69) is 4.98 Å². The highest BCUT2D eigenvalue weighted by atomic mass is 16.5. The Kier molecular flexibility index (Phi) is 2.23. The summed E-state index contributed by atoms with van der Waals surface area (Å²) < 4.78 is 7.14. The standard InChI is InChI=1S/C11H12N2O/c1-13-7-6-12-11(13)9-4-3-5-10(8-9)14-2/h3-8H,1-2H3. The zero-order valence-electron chi connectivity index (χ0n) is 8.27. The van der Waals surface area contributed by atoms with Crippen molar-refractivity contribution in [2.45, 2.75) is 0 Å². The minimum Gasteiger partial charge on any atom is -0.497 e. The van der Waals surface area contributed by atoms with E-state index in [1.165, 1.54) is 0 Å². The van der Waals surface area contributed by atoms with Crippen molar-refractivity contribution in [2.24, 2.45) is 7.05 Å². The van der Waals surface area contributed by atoms with Gasteiger partial charge in [0, 0.05) is 25.0 Å². The number of ether oxygens (including phenoxy) is 1. The molecule has 72 valence electrons. The molecule has 0 spiro atoms. The van der Waals surface area contributed by atoms with Crippen LogP contribution < -0.4 is 4.74 Å². The van der Waals surface area contributed by atoms with Gasteiger partial charge in [0.05, 0.1) is 7.11 Å². The summed E-state index contributed by atoms with van der Waals surface area (Å²) in [5.41, 5.74) is 1.07. The van der Waals surface area contributed by atoms with Crippen LogP contribution in [0.2, 0.25) is 0 Å². The number of aromatic nitrogens is 2. The van der Waals surface area contributed by atoms with Crippen molar-refractivity contribution in [3.05, 3.63) is 36.7 Å². The Hall–Kier alpha value is -1.77. The lowest BCUT2D eigenvalue weighted by molar-refractivity contribution is 0.415. The van der Waals surface area contributed by atoms with Gasteiger partial charge in [-0.25, -0.2) is 4.98 Å². The number of nitrogens with zero attached hydrogens (tertiary/aromatic N) is 2. The summed E-state index contributed by atoms with van der Waals surface area (Å²) in [6.45, 7) is 0. The Morgan fingerprint density at radius 3 is 2.86 bits per heavy atom. The molecule has 0 amide bonds. The van der Waals surface area contributed by atoms with Crippen LogP contribution in [0.5, 0.6) is 5.75 Å². The molecule has 3 nitrogen and oxygen atoms in total. The minimum atomic E-state index is 0.852. The molecule has 0 fully saturated rings. The smallest absolute Gasteiger partial charge is 0.139 e. The summed E-state index contributed by atoms with van der Waals surface area (Å²) in [7, 11) is 3.64. The van der Waals surface area contributed by atoms with E-state index in [4.69, 9.17) is 4.74 Å². The van der Waals surface area contributed by atoms with Crippen molar-refractivity contribution in [1.82, 2.24) is 9.55 Å². The van der Waals surface area contributed by atoms with E-state index in [-0.39, 0.29) is 0 Å². The summed E-state index contributed by atoms with van der Waals surface area (Å²) in [5.74, 6) is 1.80. The maximum absolute atomic E-state index is 5.16. The quantitative estimate of drug-likeness (QED) is 0.721. The molecule has 0 aliphatic carbocycles. The van der Waals surface area contributed by atoms with Crippen LogP contribution in [0.3, 0.4) is 0 Å². The third-order valence-corrected chi connectivity index (χ3v) is 2.15. The van der Waals surface area contributed by atoms with E-state index in [0.717, 1.165) is 17.1 Å². The third kappa shape index (κ3) is 1.48. The molecule has 0 saturated heterocycles. The van der Waals surface area contributed by atoms with E-state index in [0.29, 0.717) is 0 Å². The Labute approximate surface area is 83.0 Å². The topological polar surface area (TPSA) is 27.1 Å². The Bertz CT molecular complexity index is 434. The SMILES string of the molecule is COc1cccc(-c2nccn2C)c1. The molecule has 1 aromatic carbocycles. The van der Waals surface area contributed by atoms with E-state index in [9.17, 15) is 0 Å². The largest absolute Gasteiger partial charge is 0.497 e. The van der Waals surface area contributed by atoms with E-state index >= 15 is 0 Å². The van der Waals surface area contributed by atoms with Crippen LogP contribution in [0, 0.1) is 0 Å². The number of aryl methyl sites for hydroxylation is 1. The van der Waals surface area contributed by atoms with Crippen molar-refractivity contribution in [2.75, 3.05) is 7.11 Å². The molecule has 1 aromatic heterocycles. The number of rotatable bonds is 2. The van der Waals surface area contributed by atoms with Crippen LogP contribution in [0.1, 0.15) is 0 Å². The fraction of sp³-hybridized carbons (Fsp3) is 0.182. The van der Waals surface area contributed by atoms with Gasteiger partial charge in [-0.15, -0.1) is 0 Å². The van der Waals surface area contributed by atoms with E-state index < -0.39 is 0 Å². The fourth-order valence-electron chi connectivity index (χ4n) is 1.41. The number of methoxy groups -OCH3 is 1. The van der Waals surface area contributed by atoms with Gasteiger partial charge < -0.3 is 9.30 Å². The van der Waals surface area contributed by atoms with Crippen LogP contribution >= 0.6 is 0 Å². The summed E-state index contributed by atoms with van der Waals surface area (Å²) in [6, 6.07) is 7.88. The molecule has 2 rings (SSSR count). The zero-order chi connectivity index (χ0) is 9.97. The predicted molar refractivity (Wildman–Crippen MR) is 55.2 cm³/mol. The third-order valence-electron chi connectivity index (χ3n) is 2.15. The molecule has 0 bridgehead atoms. The monoisotopic (exact) mass is 188 g/mol. The van der Waals surface area contributed by atoms with Crippen LogP contribution in [-0.4, -0.2) is 16.7 Å². The minimum absolute atomic E-state index is 0.852. The van der Waals surface area contributed by atoms with Crippen LogP contribution in [0.4, 0.5) is 0 Å². The lowest BCUT2D eigenvalue weighted by Gasteiger charge is -2.04. The van der Waals surface area contributed by atoms with Crippen molar-refractivity contribution in [1.29, 1.82) is 0 Å². The molecule has 14 heavy (non-hydrogen) atoms. The molecule has 0 N–H and O–H groups in total. The van der Waals surface area contributed by atoms with Gasteiger partial charge in [-0.2, -0.15) is 0 Å². The van der Waals surface area contributed by atoms with Gasteiger partial charge in [-0.3, -0.25) is 0 Å². The fourth-order valence-corrected chi connectivity index (χ4v) is 1.41. The highest BCUT2D eigenvalue weighted by Gasteiger charge is 2.03. The summed E-state index contributed by atoms with van der Waals surface area (Å²) in [4.78, 5) is 4.27. The first-order chi connectivity index (χ1) is 6.81. The Morgan fingerprint density at radius 2 is 2.21 bits per heavy atom. The second-order valence-corrected chi connectivity index (χ2v) is 3.09. The molecule has 3 heteroatoms. The first-order valence-corrected chi connectivity index (χ1v) is 4.43. The second kappa shape index (κ2) is 3.54. The summed E-state index contributed by atoms with van der Waals surface area (Å²) in [6.07, 6.45) is 3.71. The van der Waals surface area contributed by atoms with E-state index in [1.54, 1.807) is 13.3 Å². The first kappa shape index (κ1) is 8.81. The van der Waals surface area contributed by atoms with Gasteiger partial charge in [0.15, 0.2) is 0 Å². The maximum Gasteiger partial charge on any atom is 0.139 e. The first-order valence-electron chi connectivity index (χ1n) is 4.43. The van der Waals surface area contributed by atoms with Gasteiger partial charge in [0.25, 0.3) is 0 Å². The molecular weight excluding hydrogens is 176 g/mol. The van der Waals surface area contributed by atoms with Gasteiger partial charge in [-0.1, -0.05) is 12.1 Å². The summed E-state index contributed by atoms with van der Waals surface area (Å²) >= 11 is 0. The zero-order valence-corrected chi connectivity index (χ0v) is 8.27. The maximum atomic E-state index is 5.16. The van der Waals surface area contributed by atoms with Crippen LogP contribution in [0.15, 0.2) is 36.7 Å². The van der Waals surface area contributed by atoms with Gasteiger partial charge >= 0.3 is 0 Å². The Morgan fingerprint density at radius 1 is 1.36 bits per heavy atom. The van der Waals surface area contributed by atoms with Gasteiger partial charge in [0.2, 0.25) is 0 Å². The average molecular weight is 188 g/mol. The lowest BCUT2D eigenvalue weighted by Crippen LogP contribution is -1.91. The molecule has 0 aliphatic rings. The Balaban J connectivity index is 2.47. The van der Waals surface area contributed by atoms with E-state index in [1.807, 2.05) is 42.1 Å². The van der Waals surface area contributed by atoms with Crippen LogP contribution in [-0.2, 0) is 7.05 Å². The number of benzene rings is 1. The number of imidazole rings is 1. The normalized spacial score (nSPS) is 10.1. The molecule has 0 saturated carbocycles. The van der Waals surface area contributed by atoms with Gasteiger partial charge in [0.1, 0.15) is 11.6 Å². The molecule has 0 unspecified atom stereocenters. The second-order valence-electron chi connectivity index (χ2n) is 3.09.